The van der Waals surface area contributed by atoms with E-state index >= 15 is 0 Å². The number of nitrogens with zero attached hydrogens (tertiary/aromatic N) is 2. The maximum Gasteiger partial charge on any atom is 0.188 e. The fraction of sp³-hybridized carbons (Fsp3) is 0.217. The number of benzene rings is 2. The van der Waals surface area contributed by atoms with Crippen molar-refractivity contribution in [3.63, 3.8) is 0 Å². The number of guanidine groups is 2. The second-order valence-corrected chi connectivity index (χ2v) is 7.99. The zero-order valence-electron chi connectivity index (χ0n) is 17.1. The van der Waals surface area contributed by atoms with Crippen LogP contribution in [-0.2, 0) is 12.8 Å². The lowest BCUT2D eigenvalue weighted by molar-refractivity contribution is 0.853. The van der Waals surface area contributed by atoms with Crippen molar-refractivity contribution in [1.82, 2.24) is 5.32 Å². The van der Waals surface area contributed by atoms with Crippen molar-refractivity contribution in [1.29, 1.82) is 0 Å². The van der Waals surface area contributed by atoms with Gasteiger partial charge < -0.3 is 22.5 Å². The van der Waals surface area contributed by atoms with Crippen molar-refractivity contribution in [2.75, 3.05) is 20.1 Å². The van der Waals surface area contributed by atoms with Gasteiger partial charge in [-0.05, 0) is 47.2 Å². The van der Waals surface area contributed by atoms with Crippen LogP contribution in [0.25, 0.3) is 20.9 Å². The van der Waals surface area contributed by atoms with E-state index in [0.717, 1.165) is 19.4 Å². The van der Waals surface area contributed by atoms with Crippen LogP contribution in [0, 0.1) is 0 Å². The lowest BCUT2D eigenvalue weighted by atomic mass is 10.0. The van der Waals surface area contributed by atoms with Crippen molar-refractivity contribution in [3.8, 4) is 20.9 Å². The van der Waals surface area contributed by atoms with Crippen LogP contribution < -0.4 is 22.5 Å². The molecule has 0 aliphatic rings. The zero-order chi connectivity index (χ0) is 21.3. The van der Waals surface area contributed by atoms with E-state index < -0.39 is 0 Å². The topological polar surface area (TPSA) is 115 Å². The highest BCUT2D eigenvalue weighted by atomic mass is 32.1. The van der Waals surface area contributed by atoms with E-state index in [9.17, 15) is 0 Å². The predicted octanol–water partition coefficient (Wildman–Crippen LogP) is 2.97. The molecule has 156 valence electrons. The molecule has 0 saturated carbocycles. The van der Waals surface area contributed by atoms with Crippen LogP contribution in [0.15, 0.2) is 70.6 Å². The zero-order valence-corrected chi connectivity index (χ0v) is 18.0. The van der Waals surface area contributed by atoms with Gasteiger partial charge in [0.05, 0.1) is 0 Å². The van der Waals surface area contributed by atoms with Gasteiger partial charge in [-0.3, -0.25) is 9.98 Å². The molecule has 3 rings (SSSR count). The molecule has 0 spiro atoms. The fourth-order valence-electron chi connectivity index (χ4n) is 3.17. The molecule has 0 aliphatic carbocycles. The summed E-state index contributed by atoms with van der Waals surface area (Å²) in [6, 6.07) is 21.5. The van der Waals surface area contributed by atoms with Crippen molar-refractivity contribution in [2.24, 2.45) is 27.2 Å². The summed E-state index contributed by atoms with van der Waals surface area (Å²) in [6.07, 6.45) is 1.62. The molecule has 6 nitrogen and oxygen atoms in total. The summed E-state index contributed by atoms with van der Waals surface area (Å²) in [4.78, 5) is 10.6. The van der Waals surface area contributed by atoms with Crippen LogP contribution in [0.3, 0.4) is 0 Å². The molecule has 0 radical (unpaired) electrons. The number of nitrogens with one attached hydrogen (secondary N) is 1. The molecule has 0 aliphatic heterocycles. The highest BCUT2D eigenvalue weighted by molar-refractivity contribution is 7.18. The normalized spacial score (nSPS) is 11.3. The number of rotatable bonds is 8. The highest BCUT2D eigenvalue weighted by Gasteiger charge is 2.08. The van der Waals surface area contributed by atoms with Gasteiger partial charge in [0, 0.05) is 29.9 Å². The van der Waals surface area contributed by atoms with Gasteiger partial charge in [-0.25, -0.2) is 0 Å². The Morgan fingerprint density at radius 3 is 2.20 bits per heavy atom. The van der Waals surface area contributed by atoms with Crippen LogP contribution in [0.1, 0.15) is 11.1 Å². The van der Waals surface area contributed by atoms with E-state index in [1.165, 1.54) is 32.0 Å². The maximum absolute atomic E-state index is 5.74. The van der Waals surface area contributed by atoms with Crippen molar-refractivity contribution < 1.29 is 0 Å². The Balaban J connectivity index is 1.85. The third-order valence-corrected chi connectivity index (χ3v) is 5.84. The number of hydrogen-bond acceptors (Lipinski definition) is 3. The van der Waals surface area contributed by atoms with Crippen LogP contribution in [-0.4, -0.2) is 32.1 Å². The molecule has 3 aromatic rings. The average Bonchev–Trinajstić information content (AvgIpc) is 3.24. The Bertz CT molecular complexity index is 1020. The minimum atomic E-state index is 0.121. The molecule has 7 N–H and O–H groups in total. The minimum absolute atomic E-state index is 0.121. The number of nitrogens with two attached hydrogens (primary N) is 3. The van der Waals surface area contributed by atoms with Crippen molar-refractivity contribution in [3.05, 3.63) is 71.8 Å². The predicted molar refractivity (Wildman–Crippen MR) is 129 cm³/mol. The monoisotopic (exact) mass is 420 g/mol. The second-order valence-electron chi connectivity index (χ2n) is 6.91. The average molecular weight is 421 g/mol. The standard InChI is InChI=1S/C23H28N6S/c1-27-23(26)29-12-10-17-13-16(9-11-28-22(24)25)14-19(15-17)21-8-7-20(30-21)18-5-3-2-4-6-18/h2-8,13-15H,9-12H2,1H3,(H4,24,25,28)(H3,26,27,29). The molecular weight excluding hydrogens is 392 g/mol. The van der Waals surface area contributed by atoms with Crippen LogP contribution in [0.4, 0.5) is 0 Å². The van der Waals surface area contributed by atoms with Gasteiger partial charge in [0.15, 0.2) is 11.9 Å². The molecule has 0 fully saturated rings. The summed E-state index contributed by atoms with van der Waals surface area (Å²) < 4.78 is 0. The maximum atomic E-state index is 5.74. The van der Waals surface area contributed by atoms with Gasteiger partial charge in [-0.2, -0.15) is 0 Å². The molecule has 1 aromatic heterocycles. The molecule has 0 atom stereocenters. The number of aliphatic imine (C=N–C) groups is 2. The van der Waals surface area contributed by atoms with E-state index in [2.05, 4.69) is 69.9 Å². The Morgan fingerprint density at radius 2 is 1.53 bits per heavy atom. The lowest BCUT2D eigenvalue weighted by Crippen LogP contribution is -2.32. The molecule has 7 heteroatoms. The van der Waals surface area contributed by atoms with E-state index in [1.54, 1.807) is 18.4 Å². The summed E-state index contributed by atoms with van der Waals surface area (Å²) in [7, 11) is 1.67. The first-order chi connectivity index (χ1) is 14.5. The van der Waals surface area contributed by atoms with Gasteiger partial charge in [0.2, 0.25) is 0 Å². The molecule has 2 aromatic carbocycles. The van der Waals surface area contributed by atoms with Gasteiger partial charge in [-0.15, -0.1) is 11.3 Å². The van der Waals surface area contributed by atoms with Crippen molar-refractivity contribution in [2.45, 2.75) is 12.8 Å². The summed E-state index contributed by atoms with van der Waals surface area (Å²) in [5.41, 5.74) is 21.6. The molecule has 0 saturated heterocycles. The quantitative estimate of drug-likeness (QED) is 0.331. The molecule has 1 heterocycles. The Kier molecular flexibility index (Phi) is 7.45. The summed E-state index contributed by atoms with van der Waals surface area (Å²) in [5.74, 6) is 0.570. The third kappa shape index (κ3) is 6.09. The molecule has 30 heavy (non-hydrogen) atoms. The van der Waals surface area contributed by atoms with E-state index in [4.69, 9.17) is 17.2 Å². The first kappa shape index (κ1) is 21.4. The SMILES string of the molecule is CN=C(N)NCCc1cc(CCN=C(N)N)cc(-c2ccc(-c3ccccc3)s2)c1. The summed E-state index contributed by atoms with van der Waals surface area (Å²) in [5, 5.41) is 3.12. The Labute approximate surface area is 181 Å². The van der Waals surface area contributed by atoms with E-state index in [0.29, 0.717) is 12.5 Å². The molecule has 0 unspecified atom stereocenters. The van der Waals surface area contributed by atoms with Crippen LogP contribution in [0.2, 0.25) is 0 Å². The molecule has 0 amide bonds. The van der Waals surface area contributed by atoms with E-state index in [1.807, 2.05) is 6.07 Å². The number of thiophene rings is 1. The third-order valence-electron chi connectivity index (χ3n) is 4.66. The number of hydrogen-bond donors (Lipinski definition) is 4. The summed E-state index contributed by atoms with van der Waals surface area (Å²) in [6.45, 7) is 1.29. The minimum Gasteiger partial charge on any atom is -0.370 e. The van der Waals surface area contributed by atoms with Crippen LogP contribution >= 0.6 is 11.3 Å². The highest BCUT2D eigenvalue weighted by Crippen LogP contribution is 2.35. The fourth-order valence-corrected chi connectivity index (χ4v) is 4.17. The van der Waals surface area contributed by atoms with Gasteiger partial charge in [0.1, 0.15) is 0 Å². The lowest BCUT2D eigenvalue weighted by Gasteiger charge is -2.10. The second kappa shape index (κ2) is 10.5. The molecular formula is C23H28N6S. The first-order valence-electron chi connectivity index (χ1n) is 9.85. The Hall–Kier alpha value is -3.32. The van der Waals surface area contributed by atoms with E-state index in [-0.39, 0.29) is 5.96 Å². The molecule has 0 bridgehead atoms. The smallest absolute Gasteiger partial charge is 0.188 e. The largest absolute Gasteiger partial charge is 0.370 e. The van der Waals surface area contributed by atoms with Crippen molar-refractivity contribution >= 4 is 23.3 Å². The van der Waals surface area contributed by atoms with Gasteiger partial charge >= 0.3 is 0 Å². The summed E-state index contributed by atoms with van der Waals surface area (Å²) >= 11 is 1.80. The van der Waals surface area contributed by atoms with Gasteiger partial charge in [-0.1, -0.05) is 48.5 Å². The Morgan fingerprint density at radius 1 is 0.867 bits per heavy atom. The van der Waals surface area contributed by atoms with Crippen LogP contribution in [0.5, 0.6) is 0 Å². The van der Waals surface area contributed by atoms with Gasteiger partial charge in [0.25, 0.3) is 0 Å². The first-order valence-corrected chi connectivity index (χ1v) is 10.7.